The number of anilines is 1. The molecule has 1 saturated carbocycles. The number of benzene rings is 2. The summed E-state index contributed by atoms with van der Waals surface area (Å²) in [5.41, 5.74) is 1.19. The van der Waals surface area contributed by atoms with Gasteiger partial charge in [0.2, 0.25) is 5.91 Å². The molecule has 1 fully saturated rings. The summed E-state index contributed by atoms with van der Waals surface area (Å²) in [6.07, 6.45) is 5.35. The molecule has 1 aliphatic carbocycles. The second-order valence-corrected chi connectivity index (χ2v) is 6.82. The van der Waals surface area contributed by atoms with Crippen molar-refractivity contribution in [3.63, 3.8) is 0 Å². The molecule has 3 rings (SSSR count). The maximum Gasteiger partial charge on any atom is 0.251 e. The minimum absolute atomic E-state index is 0.0588. The van der Waals surface area contributed by atoms with Crippen molar-refractivity contribution >= 4 is 17.5 Å². The van der Waals surface area contributed by atoms with Crippen molar-refractivity contribution in [3.8, 4) is 5.75 Å². The van der Waals surface area contributed by atoms with E-state index in [-0.39, 0.29) is 17.7 Å². The Morgan fingerprint density at radius 1 is 0.963 bits per heavy atom. The number of rotatable bonds is 7. The smallest absolute Gasteiger partial charge is 0.251 e. The molecule has 0 radical (unpaired) electrons. The molecule has 0 bridgehead atoms. The zero-order valence-electron chi connectivity index (χ0n) is 15.4. The highest BCUT2D eigenvalue weighted by atomic mass is 16.5. The Labute approximate surface area is 160 Å². The SMILES string of the molecule is O=C(NCCOc1ccccc1)c1cccc(NC(=O)C2CCCCC2)c1. The Balaban J connectivity index is 1.47. The second-order valence-electron chi connectivity index (χ2n) is 6.82. The normalized spacial score (nSPS) is 14.4. The van der Waals surface area contributed by atoms with Crippen LogP contribution in [0.1, 0.15) is 42.5 Å². The minimum atomic E-state index is -0.180. The van der Waals surface area contributed by atoms with Crippen LogP contribution < -0.4 is 15.4 Å². The monoisotopic (exact) mass is 366 g/mol. The first-order valence-electron chi connectivity index (χ1n) is 9.59. The van der Waals surface area contributed by atoms with Crippen LogP contribution in [-0.4, -0.2) is 25.0 Å². The van der Waals surface area contributed by atoms with Gasteiger partial charge in [-0.25, -0.2) is 0 Å². The minimum Gasteiger partial charge on any atom is -0.492 e. The van der Waals surface area contributed by atoms with E-state index in [9.17, 15) is 9.59 Å². The van der Waals surface area contributed by atoms with E-state index in [1.807, 2.05) is 36.4 Å². The van der Waals surface area contributed by atoms with Crippen LogP contribution in [0.15, 0.2) is 54.6 Å². The van der Waals surface area contributed by atoms with Crippen LogP contribution in [0.25, 0.3) is 0 Å². The average molecular weight is 366 g/mol. The Morgan fingerprint density at radius 2 is 1.74 bits per heavy atom. The van der Waals surface area contributed by atoms with Crippen LogP contribution >= 0.6 is 0 Å². The van der Waals surface area contributed by atoms with Crippen molar-refractivity contribution in [2.75, 3.05) is 18.5 Å². The van der Waals surface area contributed by atoms with Gasteiger partial charge >= 0.3 is 0 Å². The van der Waals surface area contributed by atoms with Gasteiger partial charge in [-0.2, -0.15) is 0 Å². The lowest BCUT2D eigenvalue weighted by molar-refractivity contribution is -0.120. The largest absolute Gasteiger partial charge is 0.492 e. The molecule has 2 N–H and O–H groups in total. The van der Waals surface area contributed by atoms with Gasteiger partial charge in [0.1, 0.15) is 12.4 Å². The second kappa shape index (κ2) is 9.76. The van der Waals surface area contributed by atoms with E-state index in [1.54, 1.807) is 18.2 Å². The molecule has 2 amide bonds. The van der Waals surface area contributed by atoms with Crippen molar-refractivity contribution in [1.29, 1.82) is 0 Å². The fourth-order valence-electron chi connectivity index (χ4n) is 3.30. The highest BCUT2D eigenvalue weighted by molar-refractivity contribution is 5.97. The van der Waals surface area contributed by atoms with Crippen molar-refractivity contribution in [1.82, 2.24) is 5.32 Å². The van der Waals surface area contributed by atoms with E-state index < -0.39 is 0 Å². The van der Waals surface area contributed by atoms with E-state index in [0.717, 1.165) is 31.4 Å². The number of nitrogens with one attached hydrogen (secondary N) is 2. The molecule has 142 valence electrons. The number of hydrogen-bond donors (Lipinski definition) is 2. The quantitative estimate of drug-likeness (QED) is 0.728. The van der Waals surface area contributed by atoms with Crippen molar-refractivity contribution in [3.05, 3.63) is 60.2 Å². The predicted molar refractivity (Wildman–Crippen MR) is 106 cm³/mol. The zero-order valence-corrected chi connectivity index (χ0v) is 15.4. The fourth-order valence-corrected chi connectivity index (χ4v) is 3.30. The highest BCUT2D eigenvalue weighted by Gasteiger charge is 2.21. The maximum absolute atomic E-state index is 12.4. The molecule has 27 heavy (non-hydrogen) atoms. The van der Waals surface area contributed by atoms with Gasteiger partial charge in [-0.05, 0) is 43.2 Å². The first kappa shape index (κ1) is 19.0. The molecule has 0 heterocycles. The van der Waals surface area contributed by atoms with E-state index in [4.69, 9.17) is 4.74 Å². The van der Waals surface area contributed by atoms with E-state index in [1.165, 1.54) is 6.42 Å². The topological polar surface area (TPSA) is 67.4 Å². The molecule has 1 aliphatic rings. The molecular formula is C22H26N2O3. The molecule has 0 unspecified atom stereocenters. The Bertz CT molecular complexity index is 755. The molecular weight excluding hydrogens is 340 g/mol. The third kappa shape index (κ3) is 5.84. The summed E-state index contributed by atoms with van der Waals surface area (Å²) < 4.78 is 5.56. The van der Waals surface area contributed by atoms with Crippen molar-refractivity contribution in [2.45, 2.75) is 32.1 Å². The van der Waals surface area contributed by atoms with E-state index >= 15 is 0 Å². The Kier molecular flexibility index (Phi) is 6.85. The van der Waals surface area contributed by atoms with Crippen LogP contribution in [0.4, 0.5) is 5.69 Å². The van der Waals surface area contributed by atoms with Gasteiger partial charge in [0.05, 0.1) is 6.54 Å². The standard InChI is InChI=1S/C22H26N2O3/c25-21(23-14-15-27-20-12-5-2-6-13-20)18-10-7-11-19(16-18)24-22(26)17-8-3-1-4-9-17/h2,5-7,10-13,16-17H,1,3-4,8-9,14-15H2,(H,23,25)(H,24,26). The molecule has 0 atom stereocenters. The van der Waals surface area contributed by atoms with Crippen LogP contribution in [0.2, 0.25) is 0 Å². The number of carbonyl (C=O) groups is 2. The van der Waals surface area contributed by atoms with Crippen molar-refractivity contribution < 1.29 is 14.3 Å². The lowest BCUT2D eigenvalue weighted by atomic mass is 9.88. The van der Waals surface area contributed by atoms with E-state index in [2.05, 4.69) is 10.6 Å². The Morgan fingerprint density at radius 3 is 2.52 bits per heavy atom. The summed E-state index contributed by atoms with van der Waals surface area (Å²) in [4.78, 5) is 24.7. The molecule has 0 aliphatic heterocycles. The summed E-state index contributed by atoms with van der Waals surface area (Å²) in [6.45, 7) is 0.806. The van der Waals surface area contributed by atoms with Crippen LogP contribution in [0.3, 0.4) is 0 Å². The van der Waals surface area contributed by atoms with Crippen molar-refractivity contribution in [2.24, 2.45) is 5.92 Å². The summed E-state index contributed by atoms with van der Waals surface area (Å²) in [7, 11) is 0. The van der Waals surface area contributed by atoms with Gasteiger partial charge in [0.25, 0.3) is 5.91 Å². The third-order valence-corrected chi connectivity index (χ3v) is 4.77. The third-order valence-electron chi connectivity index (χ3n) is 4.77. The van der Waals surface area contributed by atoms with Gasteiger partial charge in [-0.15, -0.1) is 0 Å². The van der Waals surface area contributed by atoms with Crippen LogP contribution in [-0.2, 0) is 4.79 Å². The predicted octanol–water partition coefficient (Wildman–Crippen LogP) is 4.01. The van der Waals surface area contributed by atoms with Gasteiger partial charge in [0.15, 0.2) is 0 Å². The number of amides is 2. The number of hydrogen-bond acceptors (Lipinski definition) is 3. The van der Waals surface area contributed by atoms with Gasteiger partial charge in [-0.3, -0.25) is 9.59 Å². The molecule has 0 spiro atoms. The lowest BCUT2D eigenvalue weighted by Gasteiger charge is -2.20. The average Bonchev–Trinajstić information content (AvgIpc) is 2.72. The molecule has 0 saturated heterocycles. The molecule has 5 heteroatoms. The first-order chi connectivity index (χ1) is 13.2. The Hall–Kier alpha value is -2.82. The van der Waals surface area contributed by atoms with Crippen LogP contribution in [0, 0.1) is 5.92 Å². The summed E-state index contributed by atoms with van der Waals surface area (Å²) in [5.74, 6) is 0.745. The number of carbonyl (C=O) groups excluding carboxylic acids is 2. The van der Waals surface area contributed by atoms with E-state index in [0.29, 0.717) is 24.4 Å². The fraction of sp³-hybridized carbons (Fsp3) is 0.364. The van der Waals surface area contributed by atoms with Gasteiger partial charge in [0, 0.05) is 17.2 Å². The molecule has 2 aromatic rings. The molecule has 0 aromatic heterocycles. The summed E-state index contributed by atoms with van der Waals surface area (Å²) in [6, 6.07) is 16.5. The number of para-hydroxylation sites is 1. The van der Waals surface area contributed by atoms with Crippen LogP contribution in [0.5, 0.6) is 5.75 Å². The maximum atomic E-state index is 12.4. The first-order valence-corrected chi connectivity index (χ1v) is 9.59. The summed E-state index contributed by atoms with van der Waals surface area (Å²) >= 11 is 0. The summed E-state index contributed by atoms with van der Waals surface area (Å²) in [5, 5.41) is 5.79. The highest BCUT2D eigenvalue weighted by Crippen LogP contribution is 2.25. The van der Waals surface area contributed by atoms with Gasteiger partial charge < -0.3 is 15.4 Å². The van der Waals surface area contributed by atoms with Gasteiger partial charge in [-0.1, -0.05) is 43.5 Å². The zero-order chi connectivity index (χ0) is 18.9. The molecule has 5 nitrogen and oxygen atoms in total. The lowest BCUT2D eigenvalue weighted by Crippen LogP contribution is -2.28. The number of ether oxygens (including phenoxy) is 1. The molecule has 2 aromatic carbocycles.